The largest absolute Gasteiger partial charge is 0.264 e. The van der Waals surface area contributed by atoms with Crippen LogP contribution < -0.4 is 0 Å². The molecule has 0 fully saturated rings. The molecule has 0 atom stereocenters. The Morgan fingerprint density at radius 2 is 1.07 bits per heavy atom. The Hall–Kier alpha value is -5.78. The van der Waals surface area contributed by atoms with Gasteiger partial charge in [0.25, 0.3) is 0 Å². The molecule has 0 spiro atoms. The van der Waals surface area contributed by atoms with E-state index >= 15 is 0 Å². The first-order valence-corrected chi connectivity index (χ1v) is 15.7. The van der Waals surface area contributed by atoms with Crippen molar-refractivity contribution < 1.29 is 0 Å². The summed E-state index contributed by atoms with van der Waals surface area (Å²) in [4.78, 5) is 19.5. The first kappa shape index (κ1) is 25.7. The highest BCUT2D eigenvalue weighted by atomic mass is 32.1. The second-order valence-corrected chi connectivity index (χ2v) is 12.2. The lowest BCUT2D eigenvalue weighted by atomic mass is 10.00. The Bertz CT molecular complexity index is 2550. The summed E-state index contributed by atoms with van der Waals surface area (Å²) in [5.74, 6) is 1.95. The average Bonchev–Trinajstić information content (AvgIpc) is 3.50. The van der Waals surface area contributed by atoms with Crippen molar-refractivity contribution in [1.82, 2.24) is 19.9 Å². The monoisotopic (exact) mass is 592 g/mol. The molecule has 210 valence electrons. The van der Waals surface area contributed by atoms with Crippen molar-refractivity contribution in [3.63, 3.8) is 0 Å². The summed E-state index contributed by atoms with van der Waals surface area (Å²) in [5, 5.41) is 7.03. The van der Waals surface area contributed by atoms with Crippen LogP contribution in [0.25, 0.3) is 87.0 Å². The molecule has 5 heteroatoms. The van der Waals surface area contributed by atoms with E-state index in [0.29, 0.717) is 17.5 Å². The maximum atomic E-state index is 5.11. The number of aromatic nitrogens is 4. The molecule has 4 nitrogen and oxygen atoms in total. The van der Waals surface area contributed by atoms with Gasteiger partial charge in [0.15, 0.2) is 17.5 Å². The van der Waals surface area contributed by atoms with Gasteiger partial charge >= 0.3 is 0 Å². The van der Waals surface area contributed by atoms with Crippen molar-refractivity contribution in [2.45, 2.75) is 0 Å². The van der Waals surface area contributed by atoms with Gasteiger partial charge in [-0.05, 0) is 57.6 Å². The van der Waals surface area contributed by atoms with E-state index in [1.54, 1.807) is 11.3 Å². The molecule has 0 amide bonds. The summed E-state index contributed by atoms with van der Waals surface area (Å²) in [6, 6.07) is 46.8. The third-order valence-corrected chi connectivity index (χ3v) is 9.54. The van der Waals surface area contributed by atoms with Crippen molar-refractivity contribution >= 4 is 53.1 Å². The third-order valence-electron chi connectivity index (χ3n) is 8.40. The molecule has 0 N–H and O–H groups in total. The standard InChI is InChI=1S/C40H24N4S/c1-2-7-28-22-29(17-14-25(28)6-1)26-12-15-27(16-13-26)38-42-39(31-18-19-32-24-41-21-20-30(32)23-31)44-40(43-38)34-9-5-11-36-37(34)33-8-3-4-10-35(33)45-36/h1-24H. The number of hydrogen-bond acceptors (Lipinski definition) is 5. The molecule has 0 saturated heterocycles. The summed E-state index contributed by atoms with van der Waals surface area (Å²) in [7, 11) is 0. The Morgan fingerprint density at radius 1 is 0.422 bits per heavy atom. The molecule has 0 aliphatic carbocycles. The number of fused-ring (bicyclic) bond motifs is 5. The molecule has 9 rings (SSSR count). The quantitative estimate of drug-likeness (QED) is 0.204. The van der Waals surface area contributed by atoms with E-state index in [-0.39, 0.29) is 0 Å². The van der Waals surface area contributed by atoms with Crippen molar-refractivity contribution in [2.75, 3.05) is 0 Å². The lowest BCUT2D eigenvalue weighted by Crippen LogP contribution is -2.00. The highest BCUT2D eigenvalue weighted by Crippen LogP contribution is 2.40. The zero-order chi connectivity index (χ0) is 29.7. The van der Waals surface area contributed by atoms with Gasteiger partial charge in [-0.15, -0.1) is 11.3 Å². The van der Waals surface area contributed by atoms with Gasteiger partial charge in [0.2, 0.25) is 0 Å². The van der Waals surface area contributed by atoms with Crippen molar-refractivity contribution in [3.8, 4) is 45.3 Å². The van der Waals surface area contributed by atoms with E-state index in [4.69, 9.17) is 15.0 Å². The fourth-order valence-corrected chi connectivity index (χ4v) is 7.25. The molecular formula is C40H24N4S. The number of thiophene rings is 1. The first-order chi connectivity index (χ1) is 22.3. The Morgan fingerprint density at radius 3 is 1.98 bits per heavy atom. The zero-order valence-electron chi connectivity index (χ0n) is 24.1. The van der Waals surface area contributed by atoms with E-state index in [1.807, 2.05) is 18.5 Å². The van der Waals surface area contributed by atoms with Gasteiger partial charge in [0, 0.05) is 54.6 Å². The maximum absolute atomic E-state index is 5.11. The van der Waals surface area contributed by atoms with E-state index < -0.39 is 0 Å². The van der Waals surface area contributed by atoms with Gasteiger partial charge in [0.05, 0.1) is 0 Å². The molecule has 0 aliphatic heterocycles. The zero-order valence-corrected chi connectivity index (χ0v) is 24.9. The second-order valence-electron chi connectivity index (χ2n) is 11.2. The summed E-state index contributed by atoms with van der Waals surface area (Å²) in [6.45, 7) is 0. The summed E-state index contributed by atoms with van der Waals surface area (Å²) in [5.41, 5.74) is 5.22. The lowest BCUT2D eigenvalue weighted by molar-refractivity contribution is 1.08. The van der Waals surface area contributed by atoms with E-state index in [0.717, 1.165) is 33.0 Å². The molecule has 0 unspecified atom stereocenters. The van der Waals surface area contributed by atoms with Crippen LogP contribution in [0.5, 0.6) is 0 Å². The highest BCUT2D eigenvalue weighted by molar-refractivity contribution is 7.25. The molecule has 6 aromatic carbocycles. The second kappa shape index (κ2) is 10.4. The van der Waals surface area contributed by atoms with Crippen LogP contribution in [0, 0.1) is 0 Å². The fraction of sp³-hybridized carbons (Fsp3) is 0. The molecule has 0 aliphatic rings. The van der Waals surface area contributed by atoms with E-state index in [9.17, 15) is 0 Å². The Kier molecular flexibility index (Phi) is 5.96. The molecule has 3 aromatic heterocycles. The van der Waals surface area contributed by atoms with E-state index in [1.165, 1.54) is 36.5 Å². The maximum Gasteiger partial charge on any atom is 0.164 e. The highest BCUT2D eigenvalue weighted by Gasteiger charge is 2.17. The average molecular weight is 593 g/mol. The number of rotatable bonds is 4. The van der Waals surface area contributed by atoms with Crippen molar-refractivity contribution in [2.24, 2.45) is 0 Å². The van der Waals surface area contributed by atoms with Crippen LogP contribution in [-0.2, 0) is 0 Å². The topological polar surface area (TPSA) is 51.6 Å². The number of hydrogen-bond donors (Lipinski definition) is 0. The third kappa shape index (κ3) is 4.53. The number of nitrogens with zero attached hydrogens (tertiary/aromatic N) is 4. The minimum Gasteiger partial charge on any atom is -0.264 e. The predicted molar refractivity (Wildman–Crippen MR) is 187 cm³/mol. The minimum absolute atomic E-state index is 0.642. The van der Waals surface area contributed by atoms with Crippen LogP contribution in [0.3, 0.4) is 0 Å². The van der Waals surface area contributed by atoms with Gasteiger partial charge in [-0.3, -0.25) is 4.98 Å². The fourth-order valence-electron chi connectivity index (χ4n) is 6.12. The van der Waals surface area contributed by atoms with Crippen LogP contribution >= 0.6 is 11.3 Å². The normalized spacial score (nSPS) is 11.6. The summed E-state index contributed by atoms with van der Waals surface area (Å²) < 4.78 is 2.47. The van der Waals surface area contributed by atoms with Gasteiger partial charge in [-0.1, -0.05) is 103 Å². The Balaban J connectivity index is 1.21. The molecule has 0 bridgehead atoms. The summed E-state index contributed by atoms with van der Waals surface area (Å²) in [6.07, 6.45) is 3.69. The SMILES string of the molecule is c1ccc2cc(-c3ccc(-c4nc(-c5ccc6cnccc6c5)nc(-c5cccc6sc7ccccc7c56)n4)cc3)ccc2c1. The molecular weight excluding hydrogens is 569 g/mol. The smallest absolute Gasteiger partial charge is 0.164 e. The van der Waals surface area contributed by atoms with Crippen LogP contribution in [0.2, 0.25) is 0 Å². The van der Waals surface area contributed by atoms with Gasteiger partial charge in [-0.2, -0.15) is 0 Å². The molecule has 0 radical (unpaired) electrons. The van der Waals surface area contributed by atoms with Crippen molar-refractivity contribution in [1.29, 1.82) is 0 Å². The van der Waals surface area contributed by atoms with Crippen LogP contribution in [0.4, 0.5) is 0 Å². The number of benzene rings is 6. The summed E-state index contributed by atoms with van der Waals surface area (Å²) >= 11 is 1.80. The van der Waals surface area contributed by atoms with Crippen molar-refractivity contribution in [3.05, 3.63) is 146 Å². The van der Waals surface area contributed by atoms with Gasteiger partial charge < -0.3 is 0 Å². The minimum atomic E-state index is 0.642. The molecule has 3 heterocycles. The number of pyridine rings is 1. The molecule has 0 saturated carbocycles. The van der Waals surface area contributed by atoms with Gasteiger partial charge in [-0.25, -0.2) is 15.0 Å². The lowest BCUT2D eigenvalue weighted by Gasteiger charge is -2.11. The predicted octanol–water partition coefficient (Wildman–Crippen LogP) is 10.6. The van der Waals surface area contributed by atoms with Crippen LogP contribution in [-0.4, -0.2) is 19.9 Å². The van der Waals surface area contributed by atoms with Crippen LogP contribution in [0.1, 0.15) is 0 Å². The van der Waals surface area contributed by atoms with E-state index in [2.05, 4.69) is 132 Å². The molecule has 9 aromatic rings. The molecule has 45 heavy (non-hydrogen) atoms. The van der Waals surface area contributed by atoms with Gasteiger partial charge in [0.1, 0.15) is 0 Å². The first-order valence-electron chi connectivity index (χ1n) is 14.9. The van der Waals surface area contributed by atoms with Crippen LogP contribution in [0.15, 0.2) is 146 Å². The Labute approximate surface area is 263 Å².